The van der Waals surface area contributed by atoms with Gasteiger partial charge < -0.3 is 5.73 Å². The first-order valence-corrected chi connectivity index (χ1v) is 10.8. The standard InChI is InChI=1S/C21H19N5O2S/c1-13-10-23-11-17-15(7-8-24-20(13)17)9-18-21(22)25-12-19(26-18)14-3-5-16(6-4-14)29(2,27)28/h3-8,10-12H,9H2,1-2H3,(H2,22,25). The van der Waals surface area contributed by atoms with Gasteiger partial charge in [0, 0.05) is 42.2 Å². The fraction of sp³-hybridized carbons (Fsp3) is 0.143. The summed E-state index contributed by atoms with van der Waals surface area (Å²) in [4.78, 5) is 17.9. The Balaban J connectivity index is 1.73. The van der Waals surface area contributed by atoms with Crippen molar-refractivity contribution in [3.8, 4) is 11.3 Å². The first kappa shape index (κ1) is 18.9. The minimum atomic E-state index is -3.25. The van der Waals surface area contributed by atoms with Gasteiger partial charge in [-0.2, -0.15) is 0 Å². The number of pyridine rings is 2. The highest BCUT2D eigenvalue weighted by Gasteiger charge is 2.12. The van der Waals surface area contributed by atoms with Gasteiger partial charge in [-0.3, -0.25) is 9.97 Å². The largest absolute Gasteiger partial charge is 0.382 e. The number of anilines is 1. The maximum atomic E-state index is 11.7. The van der Waals surface area contributed by atoms with E-state index in [2.05, 4.69) is 19.9 Å². The summed E-state index contributed by atoms with van der Waals surface area (Å²) in [5.74, 6) is 0.354. The van der Waals surface area contributed by atoms with Gasteiger partial charge >= 0.3 is 0 Å². The first-order valence-electron chi connectivity index (χ1n) is 8.93. The summed E-state index contributed by atoms with van der Waals surface area (Å²) in [7, 11) is -3.25. The van der Waals surface area contributed by atoms with Gasteiger partial charge in [0.1, 0.15) is 5.82 Å². The molecule has 146 valence electrons. The van der Waals surface area contributed by atoms with Gasteiger partial charge in [0.05, 0.1) is 28.0 Å². The molecule has 0 atom stereocenters. The summed E-state index contributed by atoms with van der Waals surface area (Å²) < 4.78 is 23.3. The Bertz CT molecular complexity index is 1320. The number of hydrogen-bond donors (Lipinski definition) is 1. The number of nitrogen functional groups attached to an aromatic ring is 1. The van der Waals surface area contributed by atoms with Crippen LogP contribution < -0.4 is 5.73 Å². The molecular weight excluding hydrogens is 386 g/mol. The monoisotopic (exact) mass is 405 g/mol. The lowest BCUT2D eigenvalue weighted by atomic mass is 10.0. The number of benzene rings is 1. The van der Waals surface area contributed by atoms with Gasteiger partial charge in [0.25, 0.3) is 0 Å². The van der Waals surface area contributed by atoms with Crippen LogP contribution in [0.25, 0.3) is 22.2 Å². The van der Waals surface area contributed by atoms with Crippen molar-refractivity contribution in [2.45, 2.75) is 18.2 Å². The number of sulfone groups is 1. The van der Waals surface area contributed by atoms with Crippen molar-refractivity contribution in [2.24, 2.45) is 0 Å². The molecule has 2 N–H and O–H groups in total. The summed E-state index contributed by atoms with van der Waals surface area (Å²) in [6, 6.07) is 8.49. The highest BCUT2D eigenvalue weighted by atomic mass is 32.2. The molecule has 1 aromatic carbocycles. The second kappa shape index (κ2) is 7.21. The molecule has 7 nitrogen and oxygen atoms in total. The molecule has 4 aromatic rings. The lowest BCUT2D eigenvalue weighted by Gasteiger charge is -2.10. The molecule has 0 unspecified atom stereocenters. The quantitative estimate of drug-likeness (QED) is 0.555. The van der Waals surface area contributed by atoms with E-state index in [4.69, 9.17) is 5.73 Å². The number of hydrogen-bond acceptors (Lipinski definition) is 7. The molecule has 3 heterocycles. The van der Waals surface area contributed by atoms with Crippen molar-refractivity contribution in [1.82, 2.24) is 19.9 Å². The topological polar surface area (TPSA) is 112 Å². The number of rotatable bonds is 4. The molecule has 0 aliphatic rings. The molecule has 0 fully saturated rings. The second-order valence-electron chi connectivity index (χ2n) is 6.88. The molecule has 0 spiro atoms. The third kappa shape index (κ3) is 3.79. The van der Waals surface area contributed by atoms with E-state index in [-0.39, 0.29) is 4.90 Å². The molecule has 8 heteroatoms. The van der Waals surface area contributed by atoms with Crippen LogP contribution in [0.1, 0.15) is 16.8 Å². The van der Waals surface area contributed by atoms with Gasteiger partial charge in [-0.05, 0) is 36.2 Å². The molecule has 0 bridgehead atoms. The van der Waals surface area contributed by atoms with E-state index in [0.717, 1.165) is 27.6 Å². The van der Waals surface area contributed by atoms with Crippen LogP contribution in [0.4, 0.5) is 5.82 Å². The zero-order valence-corrected chi connectivity index (χ0v) is 16.8. The van der Waals surface area contributed by atoms with Crippen LogP contribution in [0, 0.1) is 6.92 Å². The molecule has 0 amide bonds. The van der Waals surface area contributed by atoms with Crippen molar-refractivity contribution in [3.63, 3.8) is 0 Å². The molecule has 3 aromatic heterocycles. The van der Waals surface area contributed by atoms with Crippen LogP contribution in [-0.2, 0) is 16.3 Å². The summed E-state index contributed by atoms with van der Waals surface area (Å²) in [5.41, 5.74) is 11.0. The van der Waals surface area contributed by atoms with Crippen molar-refractivity contribution in [1.29, 1.82) is 0 Å². The van der Waals surface area contributed by atoms with Gasteiger partial charge in [-0.15, -0.1) is 0 Å². The Kier molecular flexibility index (Phi) is 4.71. The van der Waals surface area contributed by atoms with Crippen LogP contribution in [0.2, 0.25) is 0 Å². The van der Waals surface area contributed by atoms with Gasteiger partial charge in [0.15, 0.2) is 9.84 Å². The number of nitrogens with two attached hydrogens (primary N) is 1. The first-order chi connectivity index (χ1) is 13.8. The zero-order valence-electron chi connectivity index (χ0n) is 16.0. The van der Waals surface area contributed by atoms with E-state index in [1.807, 2.05) is 13.0 Å². The molecular formula is C21H19N5O2S. The number of nitrogens with zero attached hydrogens (tertiary/aromatic N) is 4. The highest BCUT2D eigenvalue weighted by molar-refractivity contribution is 7.90. The van der Waals surface area contributed by atoms with E-state index < -0.39 is 9.84 Å². The highest BCUT2D eigenvalue weighted by Crippen LogP contribution is 2.25. The van der Waals surface area contributed by atoms with Crippen molar-refractivity contribution >= 4 is 26.6 Å². The molecule has 0 saturated heterocycles. The summed E-state index contributed by atoms with van der Waals surface area (Å²) in [5, 5.41) is 0.955. The summed E-state index contributed by atoms with van der Waals surface area (Å²) in [6.07, 6.45) is 8.60. The van der Waals surface area contributed by atoms with Crippen LogP contribution in [0.5, 0.6) is 0 Å². The molecule has 0 aliphatic heterocycles. The summed E-state index contributed by atoms with van der Waals surface area (Å²) >= 11 is 0. The van der Waals surface area contributed by atoms with Gasteiger partial charge in [0.2, 0.25) is 0 Å². The van der Waals surface area contributed by atoms with Crippen molar-refractivity contribution in [3.05, 3.63) is 71.9 Å². The van der Waals surface area contributed by atoms with Gasteiger partial charge in [-0.25, -0.2) is 18.4 Å². The average Bonchev–Trinajstić information content (AvgIpc) is 2.70. The maximum Gasteiger partial charge on any atom is 0.175 e. The average molecular weight is 405 g/mol. The van der Waals surface area contributed by atoms with Crippen molar-refractivity contribution in [2.75, 3.05) is 12.0 Å². The van der Waals surface area contributed by atoms with Crippen LogP contribution in [0.15, 0.2) is 60.0 Å². The predicted octanol–water partition coefficient (Wildman–Crippen LogP) is 2.97. The summed E-state index contributed by atoms with van der Waals surface area (Å²) in [6.45, 7) is 1.97. The van der Waals surface area contributed by atoms with Crippen LogP contribution in [0.3, 0.4) is 0 Å². The fourth-order valence-corrected chi connectivity index (χ4v) is 3.80. The van der Waals surface area contributed by atoms with Crippen LogP contribution in [-0.4, -0.2) is 34.6 Å². The van der Waals surface area contributed by atoms with E-state index in [9.17, 15) is 8.42 Å². The lowest BCUT2D eigenvalue weighted by Crippen LogP contribution is -2.04. The van der Waals surface area contributed by atoms with E-state index in [1.54, 1.807) is 49.1 Å². The number of aromatic nitrogens is 4. The number of fused-ring (bicyclic) bond motifs is 1. The van der Waals surface area contributed by atoms with Crippen molar-refractivity contribution < 1.29 is 8.42 Å². The minimum Gasteiger partial charge on any atom is -0.382 e. The smallest absolute Gasteiger partial charge is 0.175 e. The van der Waals surface area contributed by atoms with E-state index >= 15 is 0 Å². The fourth-order valence-electron chi connectivity index (χ4n) is 3.17. The van der Waals surface area contributed by atoms with Gasteiger partial charge in [-0.1, -0.05) is 12.1 Å². The number of aryl methyl sites for hydroxylation is 1. The third-order valence-electron chi connectivity index (χ3n) is 4.74. The molecule has 0 aliphatic carbocycles. The Morgan fingerprint density at radius 2 is 1.76 bits per heavy atom. The van der Waals surface area contributed by atoms with E-state index in [0.29, 0.717) is 23.6 Å². The maximum absolute atomic E-state index is 11.7. The third-order valence-corrected chi connectivity index (χ3v) is 5.87. The second-order valence-corrected chi connectivity index (χ2v) is 8.90. The Morgan fingerprint density at radius 1 is 1.00 bits per heavy atom. The molecule has 29 heavy (non-hydrogen) atoms. The molecule has 4 rings (SSSR count). The van der Waals surface area contributed by atoms with Crippen LogP contribution >= 0.6 is 0 Å². The SMILES string of the molecule is Cc1cncc2c(Cc3nc(-c4ccc(S(C)(=O)=O)cc4)cnc3N)ccnc12. The lowest BCUT2D eigenvalue weighted by molar-refractivity contribution is 0.602. The normalized spacial score (nSPS) is 11.7. The molecule has 0 saturated carbocycles. The van der Waals surface area contributed by atoms with E-state index in [1.165, 1.54) is 6.26 Å². The Labute approximate surface area is 168 Å². The molecule has 0 radical (unpaired) electrons. The Morgan fingerprint density at radius 3 is 2.48 bits per heavy atom. The minimum absolute atomic E-state index is 0.260. The Hall–Kier alpha value is -3.39. The predicted molar refractivity (Wildman–Crippen MR) is 112 cm³/mol. The zero-order chi connectivity index (χ0) is 20.6.